The summed E-state index contributed by atoms with van der Waals surface area (Å²) in [5, 5.41) is 0.728. The number of Topliss-reactive ketones (excluding diaryl/α,β-unsaturated/α-hetero) is 1. The number of ketones is 1. The molecular formula is C15H20ClNO. The lowest BCUT2D eigenvalue weighted by molar-refractivity contribution is -0.126. The molecule has 1 saturated heterocycles. The fourth-order valence-corrected chi connectivity index (χ4v) is 2.96. The largest absolute Gasteiger partial charge is 0.306 e. The SMILES string of the molecule is CCC(=O)C1(c2ccc(Cl)cc2)CCN(C)CC1. The quantitative estimate of drug-likeness (QED) is 0.836. The molecule has 0 saturated carbocycles. The van der Waals surface area contributed by atoms with Gasteiger partial charge in [-0.25, -0.2) is 0 Å². The maximum Gasteiger partial charge on any atom is 0.143 e. The van der Waals surface area contributed by atoms with Crippen LogP contribution in [0.5, 0.6) is 0 Å². The Morgan fingerprint density at radius 1 is 1.28 bits per heavy atom. The van der Waals surface area contributed by atoms with Crippen molar-refractivity contribution in [2.45, 2.75) is 31.6 Å². The fraction of sp³-hybridized carbons (Fsp3) is 0.533. The number of halogens is 1. The van der Waals surface area contributed by atoms with Crippen LogP contribution in [-0.2, 0) is 10.2 Å². The Bertz CT molecular complexity index is 419. The van der Waals surface area contributed by atoms with Crippen LogP contribution in [0, 0.1) is 0 Å². The van der Waals surface area contributed by atoms with Gasteiger partial charge < -0.3 is 4.90 Å². The average molecular weight is 266 g/mol. The molecular weight excluding hydrogens is 246 g/mol. The molecule has 0 N–H and O–H groups in total. The third-order valence-corrected chi connectivity index (χ3v) is 4.34. The molecule has 0 unspecified atom stereocenters. The first-order valence-corrected chi connectivity index (χ1v) is 6.94. The number of nitrogens with zero attached hydrogens (tertiary/aromatic N) is 1. The number of carbonyl (C=O) groups excluding carboxylic acids is 1. The number of hydrogen-bond acceptors (Lipinski definition) is 2. The van der Waals surface area contributed by atoms with Crippen LogP contribution in [0.2, 0.25) is 5.02 Å². The second-order valence-corrected chi connectivity index (χ2v) is 5.61. The number of carbonyl (C=O) groups is 1. The second-order valence-electron chi connectivity index (χ2n) is 5.17. The highest BCUT2D eigenvalue weighted by Crippen LogP contribution is 2.37. The third-order valence-electron chi connectivity index (χ3n) is 4.09. The van der Waals surface area contributed by atoms with Crippen LogP contribution in [0.15, 0.2) is 24.3 Å². The molecule has 3 heteroatoms. The van der Waals surface area contributed by atoms with Crippen LogP contribution in [0.1, 0.15) is 31.7 Å². The van der Waals surface area contributed by atoms with Gasteiger partial charge in [-0.2, -0.15) is 0 Å². The van der Waals surface area contributed by atoms with Gasteiger partial charge in [-0.15, -0.1) is 0 Å². The maximum absolute atomic E-state index is 12.4. The van der Waals surface area contributed by atoms with Crippen molar-refractivity contribution < 1.29 is 4.79 Å². The summed E-state index contributed by atoms with van der Waals surface area (Å²) >= 11 is 5.94. The summed E-state index contributed by atoms with van der Waals surface area (Å²) in [4.78, 5) is 14.7. The van der Waals surface area contributed by atoms with E-state index >= 15 is 0 Å². The summed E-state index contributed by atoms with van der Waals surface area (Å²) in [5.41, 5.74) is 0.845. The monoisotopic (exact) mass is 265 g/mol. The highest BCUT2D eigenvalue weighted by molar-refractivity contribution is 6.30. The van der Waals surface area contributed by atoms with Crippen molar-refractivity contribution in [1.82, 2.24) is 4.90 Å². The highest BCUT2D eigenvalue weighted by atomic mass is 35.5. The van der Waals surface area contributed by atoms with Crippen molar-refractivity contribution >= 4 is 17.4 Å². The summed E-state index contributed by atoms with van der Waals surface area (Å²) in [6, 6.07) is 7.81. The zero-order valence-corrected chi connectivity index (χ0v) is 11.8. The fourth-order valence-electron chi connectivity index (χ4n) is 2.84. The number of rotatable bonds is 3. The van der Waals surface area contributed by atoms with E-state index in [-0.39, 0.29) is 5.41 Å². The van der Waals surface area contributed by atoms with Crippen LogP contribution >= 0.6 is 11.6 Å². The lowest BCUT2D eigenvalue weighted by atomic mass is 9.69. The van der Waals surface area contributed by atoms with Crippen molar-refractivity contribution in [2.75, 3.05) is 20.1 Å². The molecule has 0 radical (unpaired) electrons. The number of benzene rings is 1. The Labute approximate surface area is 114 Å². The molecule has 0 aromatic heterocycles. The average Bonchev–Trinajstić information content (AvgIpc) is 2.40. The van der Waals surface area contributed by atoms with Crippen molar-refractivity contribution in [3.63, 3.8) is 0 Å². The Hall–Kier alpha value is -0.860. The number of piperidine rings is 1. The summed E-state index contributed by atoms with van der Waals surface area (Å²) < 4.78 is 0. The maximum atomic E-state index is 12.4. The minimum absolute atomic E-state index is 0.286. The standard InChI is InChI=1S/C15H20ClNO/c1-3-14(18)15(8-10-17(2)11-9-15)12-4-6-13(16)7-5-12/h4-7H,3,8-11H2,1-2H3. The van der Waals surface area contributed by atoms with E-state index < -0.39 is 0 Å². The van der Waals surface area contributed by atoms with Crippen molar-refractivity contribution in [1.29, 1.82) is 0 Å². The van der Waals surface area contributed by atoms with E-state index in [0.717, 1.165) is 36.5 Å². The molecule has 0 bridgehead atoms. The zero-order chi connectivity index (χ0) is 13.2. The molecule has 1 aliphatic rings. The van der Waals surface area contributed by atoms with Gasteiger partial charge in [-0.1, -0.05) is 30.7 Å². The van der Waals surface area contributed by atoms with Crippen LogP contribution < -0.4 is 0 Å². The molecule has 98 valence electrons. The first-order valence-electron chi connectivity index (χ1n) is 6.56. The van der Waals surface area contributed by atoms with E-state index in [1.807, 2.05) is 31.2 Å². The van der Waals surface area contributed by atoms with Crippen molar-refractivity contribution in [3.8, 4) is 0 Å². The highest BCUT2D eigenvalue weighted by Gasteiger charge is 2.40. The van der Waals surface area contributed by atoms with E-state index in [0.29, 0.717) is 12.2 Å². The lowest BCUT2D eigenvalue weighted by Crippen LogP contribution is -2.45. The van der Waals surface area contributed by atoms with Crippen LogP contribution in [0.4, 0.5) is 0 Å². The Morgan fingerprint density at radius 2 is 1.83 bits per heavy atom. The molecule has 0 atom stereocenters. The molecule has 2 rings (SSSR count). The molecule has 18 heavy (non-hydrogen) atoms. The second kappa shape index (κ2) is 5.41. The van der Waals surface area contributed by atoms with Gasteiger partial charge in [0, 0.05) is 11.4 Å². The van der Waals surface area contributed by atoms with Gasteiger partial charge in [0.1, 0.15) is 5.78 Å². The number of hydrogen-bond donors (Lipinski definition) is 0. The molecule has 0 aliphatic carbocycles. The van der Waals surface area contributed by atoms with Gasteiger partial charge in [0.05, 0.1) is 5.41 Å². The topological polar surface area (TPSA) is 20.3 Å². The van der Waals surface area contributed by atoms with E-state index in [9.17, 15) is 4.79 Å². The smallest absolute Gasteiger partial charge is 0.143 e. The van der Waals surface area contributed by atoms with Crippen LogP contribution in [-0.4, -0.2) is 30.8 Å². The van der Waals surface area contributed by atoms with E-state index in [1.165, 1.54) is 0 Å². The molecule has 1 aliphatic heterocycles. The van der Waals surface area contributed by atoms with E-state index in [2.05, 4.69) is 11.9 Å². The summed E-state index contributed by atoms with van der Waals surface area (Å²) in [5.74, 6) is 0.359. The van der Waals surface area contributed by atoms with Gasteiger partial charge in [-0.3, -0.25) is 4.79 Å². The lowest BCUT2D eigenvalue weighted by Gasteiger charge is -2.40. The van der Waals surface area contributed by atoms with Gasteiger partial charge in [-0.05, 0) is 50.7 Å². The minimum atomic E-state index is -0.286. The van der Waals surface area contributed by atoms with Gasteiger partial charge in [0.25, 0.3) is 0 Å². The molecule has 2 nitrogen and oxygen atoms in total. The first-order chi connectivity index (χ1) is 8.58. The van der Waals surface area contributed by atoms with Crippen LogP contribution in [0.25, 0.3) is 0 Å². The van der Waals surface area contributed by atoms with Crippen LogP contribution in [0.3, 0.4) is 0 Å². The minimum Gasteiger partial charge on any atom is -0.306 e. The predicted octanol–water partition coefficient (Wildman–Crippen LogP) is 3.28. The van der Waals surface area contributed by atoms with Gasteiger partial charge in [0.2, 0.25) is 0 Å². The Kier molecular flexibility index (Phi) is 4.08. The summed E-state index contributed by atoms with van der Waals surface area (Å²) in [7, 11) is 2.11. The van der Waals surface area contributed by atoms with Crippen molar-refractivity contribution in [3.05, 3.63) is 34.9 Å². The predicted molar refractivity (Wildman–Crippen MR) is 75.2 cm³/mol. The molecule has 1 aromatic carbocycles. The normalized spacial score (nSPS) is 19.7. The van der Waals surface area contributed by atoms with Crippen molar-refractivity contribution in [2.24, 2.45) is 0 Å². The Morgan fingerprint density at radius 3 is 2.33 bits per heavy atom. The zero-order valence-electron chi connectivity index (χ0n) is 11.1. The molecule has 0 spiro atoms. The first kappa shape index (κ1) is 13.6. The van der Waals surface area contributed by atoms with E-state index in [1.54, 1.807) is 0 Å². The molecule has 1 fully saturated rings. The van der Waals surface area contributed by atoms with Gasteiger partial charge in [0.15, 0.2) is 0 Å². The number of likely N-dealkylation sites (tertiary alicyclic amines) is 1. The van der Waals surface area contributed by atoms with E-state index in [4.69, 9.17) is 11.6 Å². The molecule has 1 heterocycles. The summed E-state index contributed by atoms with van der Waals surface area (Å²) in [6.07, 6.45) is 2.43. The molecule has 1 aromatic rings. The Balaban J connectivity index is 2.36. The molecule has 0 amide bonds. The van der Waals surface area contributed by atoms with Gasteiger partial charge >= 0.3 is 0 Å². The summed E-state index contributed by atoms with van der Waals surface area (Å²) in [6.45, 7) is 3.92. The third kappa shape index (κ3) is 2.45.